The van der Waals surface area contributed by atoms with Crippen LogP contribution in [0.25, 0.3) is 5.76 Å². The van der Waals surface area contributed by atoms with Crippen molar-refractivity contribution in [2.75, 3.05) is 13.2 Å². The van der Waals surface area contributed by atoms with E-state index in [1.54, 1.807) is 43.3 Å². The van der Waals surface area contributed by atoms with E-state index in [0.717, 1.165) is 4.88 Å². The Labute approximate surface area is 201 Å². The zero-order valence-corrected chi connectivity index (χ0v) is 19.7. The lowest BCUT2D eigenvalue weighted by Crippen LogP contribution is -2.28. The molecule has 0 saturated carbocycles. The molecule has 0 radical (unpaired) electrons. The van der Waals surface area contributed by atoms with Crippen LogP contribution in [0.15, 0.2) is 65.6 Å². The quantitative estimate of drug-likeness (QED) is 0.272. The highest BCUT2D eigenvalue weighted by molar-refractivity contribution is 7.09. The van der Waals surface area contributed by atoms with Gasteiger partial charge in [0.1, 0.15) is 11.5 Å². The normalized spacial score (nSPS) is 17.2. The maximum absolute atomic E-state index is 13.2. The number of carbonyl (C=O) groups is 2. The number of carbonyl (C=O) groups excluding carboxylic acids is 2. The molecule has 1 fully saturated rings. The van der Waals surface area contributed by atoms with Crippen molar-refractivity contribution >= 4 is 28.8 Å². The van der Waals surface area contributed by atoms with E-state index in [1.165, 1.54) is 22.3 Å². The molecule has 176 valence electrons. The number of amides is 1. The van der Waals surface area contributed by atoms with Gasteiger partial charge < -0.3 is 24.6 Å². The van der Waals surface area contributed by atoms with Crippen molar-refractivity contribution < 1.29 is 29.3 Å². The summed E-state index contributed by atoms with van der Waals surface area (Å²) in [5.41, 5.74) is 0.926. The van der Waals surface area contributed by atoms with Crippen molar-refractivity contribution in [1.82, 2.24) is 4.90 Å². The van der Waals surface area contributed by atoms with Crippen LogP contribution in [0.3, 0.4) is 0 Å². The van der Waals surface area contributed by atoms with Gasteiger partial charge in [-0.15, -0.1) is 11.3 Å². The van der Waals surface area contributed by atoms with E-state index in [4.69, 9.17) is 9.47 Å². The van der Waals surface area contributed by atoms with Gasteiger partial charge in [0, 0.05) is 10.4 Å². The zero-order valence-electron chi connectivity index (χ0n) is 18.9. The fourth-order valence-electron chi connectivity index (χ4n) is 3.96. The van der Waals surface area contributed by atoms with E-state index >= 15 is 0 Å². The third kappa shape index (κ3) is 4.49. The van der Waals surface area contributed by atoms with Crippen molar-refractivity contribution in [3.63, 3.8) is 0 Å². The Balaban J connectivity index is 1.84. The number of aliphatic hydroxyl groups excluding tert-OH is 1. The van der Waals surface area contributed by atoms with Crippen LogP contribution in [-0.4, -0.2) is 40.0 Å². The lowest BCUT2D eigenvalue weighted by molar-refractivity contribution is -0.140. The molecule has 2 aromatic carbocycles. The average molecular weight is 480 g/mol. The Bertz CT molecular complexity index is 1220. The van der Waals surface area contributed by atoms with Gasteiger partial charge in [-0.3, -0.25) is 9.59 Å². The van der Waals surface area contributed by atoms with Gasteiger partial charge in [-0.05, 0) is 67.3 Å². The molecule has 0 bridgehead atoms. The molecule has 2 N–H and O–H groups in total. The Morgan fingerprint density at radius 1 is 1.03 bits per heavy atom. The summed E-state index contributed by atoms with van der Waals surface area (Å²) >= 11 is 1.47. The average Bonchev–Trinajstić information content (AvgIpc) is 3.43. The van der Waals surface area contributed by atoms with Gasteiger partial charge in [-0.2, -0.15) is 0 Å². The molecule has 34 heavy (non-hydrogen) atoms. The smallest absolute Gasteiger partial charge is 0.295 e. The molecule has 1 aromatic heterocycles. The molecule has 4 rings (SSSR count). The molecule has 1 atom stereocenters. The Hall–Kier alpha value is -3.78. The number of aliphatic hydroxyl groups is 1. The number of rotatable bonds is 8. The maximum atomic E-state index is 13.2. The number of phenolic OH excluding ortho intramolecular Hbond substituents is 1. The first-order valence-electron chi connectivity index (χ1n) is 10.9. The number of benzene rings is 2. The summed E-state index contributed by atoms with van der Waals surface area (Å²) in [7, 11) is 0. The molecule has 1 aliphatic heterocycles. The lowest BCUT2D eigenvalue weighted by atomic mass is 9.95. The minimum absolute atomic E-state index is 0.0149. The van der Waals surface area contributed by atoms with E-state index in [-0.39, 0.29) is 29.4 Å². The fraction of sp³-hybridized carbons (Fsp3) is 0.231. The summed E-state index contributed by atoms with van der Waals surface area (Å²) < 4.78 is 11.0. The van der Waals surface area contributed by atoms with Crippen molar-refractivity contribution in [3.8, 4) is 17.2 Å². The minimum atomic E-state index is -0.853. The Morgan fingerprint density at radius 3 is 2.41 bits per heavy atom. The number of ether oxygens (including phenoxy) is 2. The van der Waals surface area contributed by atoms with Gasteiger partial charge in [0.2, 0.25) is 0 Å². The molecule has 8 heteroatoms. The highest BCUT2D eigenvalue weighted by Crippen LogP contribution is 2.42. The van der Waals surface area contributed by atoms with Crippen molar-refractivity contribution in [1.29, 1.82) is 0 Å². The summed E-state index contributed by atoms with van der Waals surface area (Å²) in [6.07, 6.45) is 0. The summed E-state index contributed by atoms with van der Waals surface area (Å²) in [4.78, 5) is 28.6. The number of aromatic hydroxyl groups is 1. The van der Waals surface area contributed by atoms with E-state index in [2.05, 4.69) is 0 Å². The van der Waals surface area contributed by atoms with Gasteiger partial charge in [0.25, 0.3) is 11.7 Å². The second-order valence-corrected chi connectivity index (χ2v) is 8.66. The third-order valence-corrected chi connectivity index (χ3v) is 6.35. The van der Waals surface area contributed by atoms with Gasteiger partial charge in [0.05, 0.1) is 31.4 Å². The number of likely N-dealkylation sites (tertiary alicyclic amines) is 1. The van der Waals surface area contributed by atoms with E-state index < -0.39 is 17.7 Å². The van der Waals surface area contributed by atoms with Gasteiger partial charge in [-0.1, -0.05) is 12.1 Å². The number of phenols is 1. The molecule has 7 nitrogen and oxygen atoms in total. The highest BCUT2D eigenvalue weighted by Gasteiger charge is 2.46. The summed E-state index contributed by atoms with van der Waals surface area (Å²) in [5.74, 6) is -0.911. The van der Waals surface area contributed by atoms with E-state index in [0.29, 0.717) is 30.1 Å². The second-order valence-electron chi connectivity index (χ2n) is 7.62. The predicted octanol–water partition coefficient (Wildman–Crippen LogP) is 4.87. The molecular weight excluding hydrogens is 454 g/mol. The zero-order chi connectivity index (χ0) is 24.2. The molecule has 2 heterocycles. The van der Waals surface area contributed by atoms with Gasteiger partial charge >= 0.3 is 0 Å². The minimum Gasteiger partial charge on any atom is -0.507 e. The second kappa shape index (κ2) is 10.0. The number of hydrogen-bond donors (Lipinski definition) is 2. The van der Waals surface area contributed by atoms with Crippen LogP contribution < -0.4 is 9.47 Å². The third-order valence-electron chi connectivity index (χ3n) is 5.48. The van der Waals surface area contributed by atoms with Crippen molar-refractivity contribution in [2.45, 2.75) is 26.4 Å². The Kier molecular flexibility index (Phi) is 6.88. The molecule has 1 saturated heterocycles. The molecule has 0 aliphatic carbocycles. The van der Waals surface area contributed by atoms with Crippen LogP contribution in [-0.2, 0) is 16.1 Å². The van der Waals surface area contributed by atoms with Gasteiger partial charge in [0.15, 0.2) is 11.5 Å². The summed E-state index contributed by atoms with van der Waals surface area (Å²) in [6.45, 7) is 4.70. The van der Waals surface area contributed by atoms with Crippen LogP contribution in [0.5, 0.6) is 17.2 Å². The number of hydrogen-bond acceptors (Lipinski definition) is 7. The molecule has 1 aliphatic rings. The largest absolute Gasteiger partial charge is 0.507 e. The highest BCUT2D eigenvalue weighted by atomic mass is 32.1. The Morgan fingerprint density at radius 2 is 1.76 bits per heavy atom. The molecule has 3 aromatic rings. The van der Waals surface area contributed by atoms with Crippen molar-refractivity contribution in [2.24, 2.45) is 0 Å². The first-order valence-corrected chi connectivity index (χ1v) is 11.8. The van der Waals surface area contributed by atoms with Crippen LogP contribution in [0.1, 0.15) is 35.9 Å². The standard InChI is InChI=1S/C26H25NO6S/c1-3-32-18-10-7-16(8-11-18)24(29)22-23(17-9-12-20(28)21(14-17)33-4-2)27(26(31)25(22)30)15-19-6-5-13-34-19/h5-14,23,28-29H,3-4,15H2,1-2H3/b24-22-. The molecular formula is C26H25NO6S. The SMILES string of the molecule is CCOc1ccc(/C(O)=C2/C(=O)C(=O)N(Cc3cccs3)C2c2ccc(O)c(OCC)c2)cc1. The van der Waals surface area contributed by atoms with Crippen LogP contribution in [0.2, 0.25) is 0 Å². The summed E-state index contributed by atoms with van der Waals surface area (Å²) in [5, 5.41) is 23.3. The number of thiophene rings is 1. The predicted molar refractivity (Wildman–Crippen MR) is 129 cm³/mol. The van der Waals surface area contributed by atoms with Crippen LogP contribution >= 0.6 is 11.3 Å². The maximum Gasteiger partial charge on any atom is 0.295 e. The van der Waals surface area contributed by atoms with E-state index in [1.807, 2.05) is 24.4 Å². The van der Waals surface area contributed by atoms with Crippen LogP contribution in [0.4, 0.5) is 0 Å². The first-order chi connectivity index (χ1) is 16.4. The molecule has 0 spiro atoms. The van der Waals surface area contributed by atoms with Crippen LogP contribution in [0, 0.1) is 0 Å². The fourth-order valence-corrected chi connectivity index (χ4v) is 4.67. The molecule has 1 unspecified atom stereocenters. The summed E-state index contributed by atoms with van der Waals surface area (Å²) in [6, 6.07) is 14.3. The first kappa shape index (κ1) is 23.4. The number of Topliss-reactive ketones (excluding diaryl/α,β-unsaturated/α-hetero) is 1. The molecule has 1 amide bonds. The monoisotopic (exact) mass is 479 g/mol. The van der Waals surface area contributed by atoms with E-state index in [9.17, 15) is 19.8 Å². The topological polar surface area (TPSA) is 96.3 Å². The van der Waals surface area contributed by atoms with Gasteiger partial charge in [-0.25, -0.2) is 0 Å². The number of nitrogens with zero attached hydrogens (tertiary/aromatic N) is 1. The lowest BCUT2D eigenvalue weighted by Gasteiger charge is -2.25. The van der Waals surface area contributed by atoms with Crippen molar-refractivity contribution in [3.05, 3.63) is 81.6 Å². The number of ketones is 1.